The number of aryl methyl sites for hydroxylation is 1. The summed E-state index contributed by atoms with van der Waals surface area (Å²) in [4.78, 5) is 0. The average molecular weight is 441 g/mol. The molecule has 0 aliphatic carbocycles. The van der Waals surface area contributed by atoms with Gasteiger partial charge in [-0.05, 0) is 36.8 Å². The van der Waals surface area contributed by atoms with Gasteiger partial charge in [0.05, 0.1) is 12.5 Å². The Hall–Kier alpha value is -0.650. The fraction of sp³-hybridized carbons (Fsp3) is 0.200. The van der Waals surface area contributed by atoms with Gasteiger partial charge < -0.3 is 4.74 Å². The molecule has 0 aliphatic heterocycles. The first-order valence-corrected chi connectivity index (χ1v) is 8.00. The zero-order valence-corrected chi connectivity index (χ0v) is 15.1. The smallest absolute Gasteiger partial charge is 0.132 e. The van der Waals surface area contributed by atoms with Gasteiger partial charge in [0.15, 0.2) is 0 Å². The maximum absolute atomic E-state index is 14.1. The molecule has 2 rings (SSSR count). The molecular formula is C15H11Br2ClF2O. The summed E-state index contributed by atoms with van der Waals surface area (Å²) < 4.78 is 34.5. The summed E-state index contributed by atoms with van der Waals surface area (Å²) in [5.74, 6) is -0.932. The molecule has 0 N–H and O–H groups in total. The van der Waals surface area contributed by atoms with Gasteiger partial charge in [-0.15, -0.1) is 11.6 Å². The largest absolute Gasteiger partial charge is 0.496 e. The Bertz CT molecular complexity index is 669. The van der Waals surface area contributed by atoms with Gasteiger partial charge in [-0.2, -0.15) is 0 Å². The third-order valence-electron chi connectivity index (χ3n) is 3.08. The van der Waals surface area contributed by atoms with E-state index in [1.165, 1.54) is 19.2 Å². The third-order valence-corrected chi connectivity index (χ3v) is 4.85. The van der Waals surface area contributed by atoms with Crippen LogP contribution >= 0.6 is 43.5 Å². The van der Waals surface area contributed by atoms with E-state index < -0.39 is 17.0 Å². The molecule has 0 saturated carbocycles. The Labute approximate surface area is 143 Å². The van der Waals surface area contributed by atoms with Crippen molar-refractivity contribution in [3.05, 3.63) is 61.5 Å². The van der Waals surface area contributed by atoms with Crippen molar-refractivity contribution in [3.8, 4) is 5.75 Å². The highest BCUT2D eigenvalue weighted by Gasteiger charge is 2.24. The van der Waals surface area contributed by atoms with Crippen molar-refractivity contribution in [2.45, 2.75) is 12.3 Å². The molecular weight excluding hydrogens is 429 g/mol. The van der Waals surface area contributed by atoms with E-state index in [1.54, 1.807) is 12.1 Å². The molecule has 2 aromatic rings. The lowest BCUT2D eigenvalue weighted by atomic mass is 10.0. The topological polar surface area (TPSA) is 9.23 Å². The van der Waals surface area contributed by atoms with Gasteiger partial charge in [0.2, 0.25) is 0 Å². The predicted molar refractivity (Wildman–Crippen MR) is 87.2 cm³/mol. The lowest BCUT2D eigenvalue weighted by Gasteiger charge is -2.17. The van der Waals surface area contributed by atoms with Crippen LogP contribution in [0.2, 0.25) is 0 Å². The Balaban J connectivity index is 2.60. The van der Waals surface area contributed by atoms with E-state index >= 15 is 0 Å². The molecule has 0 saturated heterocycles. The van der Waals surface area contributed by atoms with Gasteiger partial charge in [0.25, 0.3) is 0 Å². The second-order valence-corrected chi connectivity index (χ2v) is 6.70. The Morgan fingerprint density at radius 2 is 1.67 bits per heavy atom. The molecule has 0 bridgehead atoms. The van der Waals surface area contributed by atoms with E-state index in [0.717, 1.165) is 10.0 Å². The van der Waals surface area contributed by atoms with Gasteiger partial charge >= 0.3 is 0 Å². The molecule has 0 heterocycles. The number of benzene rings is 2. The van der Waals surface area contributed by atoms with Crippen molar-refractivity contribution < 1.29 is 13.5 Å². The second kappa shape index (κ2) is 6.63. The van der Waals surface area contributed by atoms with Crippen LogP contribution in [-0.2, 0) is 0 Å². The van der Waals surface area contributed by atoms with Crippen LogP contribution in [0.15, 0.2) is 33.2 Å². The van der Waals surface area contributed by atoms with Crippen LogP contribution in [0.25, 0.3) is 0 Å². The summed E-state index contributed by atoms with van der Waals surface area (Å²) in [7, 11) is 1.49. The minimum absolute atomic E-state index is 0.200. The van der Waals surface area contributed by atoms with Crippen molar-refractivity contribution in [2.75, 3.05) is 7.11 Å². The van der Waals surface area contributed by atoms with Crippen LogP contribution in [0.4, 0.5) is 8.78 Å². The maximum Gasteiger partial charge on any atom is 0.132 e. The molecule has 0 fully saturated rings. The van der Waals surface area contributed by atoms with E-state index in [1.807, 2.05) is 6.92 Å². The minimum atomic E-state index is -0.995. The van der Waals surface area contributed by atoms with Crippen molar-refractivity contribution in [1.82, 2.24) is 0 Å². The number of ether oxygens (including phenoxy) is 1. The van der Waals surface area contributed by atoms with Gasteiger partial charge in [0, 0.05) is 20.1 Å². The van der Waals surface area contributed by atoms with E-state index in [-0.39, 0.29) is 5.56 Å². The molecule has 0 spiro atoms. The fourth-order valence-corrected chi connectivity index (χ4v) is 3.14. The molecule has 0 aliphatic rings. The number of rotatable bonds is 3. The molecule has 6 heteroatoms. The first-order chi connectivity index (χ1) is 9.85. The van der Waals surface area contributed by atoms with Gasteiger partial charge in [0.1, 0.15) is 17.4 Å². The molecule has 0 aromatic heterocycles. The highest BCUT2D eigenvalue weighted by Crippen LogP contribution is 2.40. The molecule has 21 heavy (non-hydrogen) atoms. The lowest BCUT2D eigenvalue weighted by Crippen LogP contribution is -2.04. The summed E-state index contributed by atoms with van der Waals surface area (Å²) in [6.45, 7) is 1.89. The molecule has 2 aromatic carbocycles. The van der Waals surface area contributed by atoms with Crippen LogP contribution in [0, 0.1) is 18.6 Å². The number of alkyl halides is 1. The number of halogens is 5. The summed E-state index contributed by atoms with van der Waals surface area (Å²) in [5, 5.41) is -0.995. The lowest BCUT2D eigenvalue weighted by molar-refractivity contribution is 0.409. The fourth-order valence-electron chi connectivity index (χ4n) is 2.00. The van der Waals surface area contributed by atoms with E-state index in [9.17, 15) is 8.78 Å². The number of methoxy groups -OCH3 is 1. The van der Waals surface area contributed by atoms with Crippen molar-refractivity contribution in [2.24, 2.45) is 0 Å². The maximum atomic E-state index is 14.1. The summed E-state index contributed by atoms with van der Waals surface area (Å²) in [5.41, 5.74) is 1.24. The summed E-state index contributed by atoms with van der Waals surface area (Å²) >= 11 is 12.7. The van der Waals surface area contributed by atoms with Crippen LogP contribution < -0.4 is 4.74 Å². The van der Waals surface area contributed by atoms with Crippen LogP contribution in [0.3, 0.4) is 0 Å². The third kappa shape index (κ3) is 3.41. The van der Waals surface area contributed by atoms with Crippen LogP contribution in [-0.4, -0.2) is 7.11 Å². The van der Waals surface area contributed by atoms with Crippen molar-refractivity contribution >= 4 is 43.5 Å². The average Bonchev–Trinajstić information content (AvgIpc) is 2.39. The monoisotopic (exact) mass is 438 g/mol. The molecule has 112 valence electrons. The highest BCUT2D eigenvalue weighted by molar-refractivity contribution is 9.10. The minimum Gasteiger partial charge on any atom is -0.496 e. The van der Waals surface area contributed by atoms with Crippen LogP contribution in [0.1, 0.15) is 22.1 Å². The SMILES string of the molecule is COc1cc(C)c(Br)cc1C(Cl)c1c(F)cc(Br)cc1F. The molecule has 1 unspecified atom stereocenters. The van der Waals surface area contributed by atoms with E-state index in [2.05, 4.69) is 31.9 Å². The highest BCUT2D eigenvalue weighted by atomic mass is 79.9. The van der Waals surface area contributed by atoms with Gasteiger partial charge in [-0.1, -0.05) is 31.9 Å². The zero-order chi connectivity index (χ0) is 15.7. The van der Waals surface area contributed by atoms with E-state index in [4.69, 9.17) is 16.3 Å². The zero-order valence-electron chi connectivity index (χ0n) is 11.2. The standard InChI is InChI=1S/C15H11Br2ClF2O/c1-7-3-13(21-2)9(6-10(7)17)15(18)14-11(19)4-8(16)5-12(14)20/h3-6,15H,1-2H3. The van der Waals surface area contributed by atoms with Crippen LogP contribution in [0.5, 0.6) is 5.75 Å². The summed E-state index contributed by atoms with van der Waals surface area (Å²) in [6, 6.07) is 5.85. The van der Waals surface area contributed by atoms with Crippen molar-refractivity contribution in [1.29, 1.82) is 0 Å². The Morgan fingerprint density at radius 3 is 2.19 bits per heavy atom. The summed E-state index contributed by atoms with van der Waals surface area (Å²) in [6.07, 6.45) is 0. The molecule has 1 atom stereocenters. The van der Waals surface area contributed by atoms with Crippen molar-refractivity contribution in [3.63, 3.8) is 0 Å². The quantitative estimate of drug-likeness (QED) is 0.522. The molecule has 0 radical (unpaired) electrons. The Morgan fingerprint density at radius 1 is 1.10 bits per heavy atom. The first-order valence-electron chi connectivity index (χ1n) is 5.97. The normalized spacial score (nSPS) is 12.3. The second-order valence-electron chi connectivity index (χ2n) is 4.49. The van der Waals surface area contributed by atoms with Gasteiger partial charge in [-0.3, -0.25) is 0 Å². The molecule has 0 amide bonds. The first kappa shape index (κ1) is 16.7. The number of hydrogen-bond acceptors (Lipinski definition) is 1. The van der Waals surface area contributed by atoms with Gasteiger partial charge in [-0.25, -0.2) is 8.78 Å². The number of hydrogen-bond donors (Lipinski definition) is 0. The molecule has 1 nitrogen and oxygen atoms in total. The Kier molecular flexibility index (Phi) is 5.28. The van der Waals surface area contributed by atoms with E-state index in [0.29, 0.717) is 15.8 Å². The predicted octanol–water partition coefficient (Wildman–Crippen LogP) is 6.14.